The molecule has 3 heterocycles. The van der Waals surface area contributed by atoms with Crippen LogP contribution in [0.15, 0.2) is 0 Å². The molecule has 1 aromatic rings. The summed E-state index contributed by atoms with van der Waals surface area (Å²) in [5.74, 6) is -0.308. The Morgan fingerprint density at radius 2 is 2.00 bits per heavy atom. The number of aromatic nitrogens is 1. The third-order valence-corrected chi connectivity index (χ3v) is 5.61. The number of rotatable bonds is 4. The van der Waals surface area contributed by atoms with Crippen molar-refractivity contribution in [3.05, 3.63) is 15.6 Å². The van der Waals surface area contributed by atoms with E-state index in [-0.39, 0.29) is 5.91 Å². The van der Waals surface area contributed by atoms with Gasteiger partial charge in [-0.1, -0.05) is 13.3 Å². The zero-order valence-corrected chi connectivity index (χ0v) is 14.2. The van der Waals surface area contributed by atoms with Crippen molar-refractivity contribution >= 4 is 17.2 Å². The van der Waals surface area contributed by atoms with Crippen LogP contribution in [0, 0.1) is 6.92 Å². The summed E-state index contributed by atoms with van der Waals surface area (Å²) in [6.07, 6.45) is 4.77. The van der Waals surface area contributed by atoms with Gasteiger partial charge in [-0.25, -0.2) is 4.98 Å². The molecule has 1 aromatic heterocycles. The second-order valence-electron chi connectivity index (χ2n) is 6.03. The molecule has 0 unspecified atom stereocenters. The number of hydrogen-bond acceptors (Lipinski definition) is 5. The summed E-state index contributed by atoms with van der Waals surface area (Å²) < 4.78 is 11.4. The number of piperidine rings is 1. The van der Waals surface area contributed by atoms with Gasteiger partial charge in [0.2, 0.25) is 0 Å². The molecule has 2 fully saturated rings. The lowest BCUT2D eigenvalue weighted by atomic mass is 10.0. The van der Waals surface area contributed by atoms with Crippen LogP contribution in [-0.4, -0.2) is 47.9 Å². The van der Waals surface area contributed by atoms with Crippen LogP contribution in [0.25, 0.3) is 0 Å². The van der Waals surface area contributed by atoms with Gasteiger partial charge in [0.1, 0.15) is 4.88 Å². The fraction of sp³-hybridized carbons (Fsp3) is 0.750. The molecule has 6 heteroatoms. The molecule has 2 aliphatic rings. The van der Waals surface area contributed by atoms with Crippen LogP contribution < -0.4 is 0 Å². The van der Waals surface area contributed by atoms with E-state index in [1.807, 2.05) is 11.8 Å². The van der Waals surface area contributed by atoms with E-state index in [1.165, 1.54) is 0 Å². The number of thiazole rings is 1. The Labute approximate surface area is 135 Å². The van der Waals surface area contributed by atoms with Crippen molar-refractivity contribution in [3.63, 3.8) is 0 Å². The molecule has 0 aromatic carbocycles. The number of carbonyl (C=O) groups excluding carboxylic acids is 1. The largest absolute Gasteiger partial charge is 0.347 e. The van der Waals surface area contributed by atoms with Crippen LogP contribution in [0.1, 0.15) is 53.0 Å². The standard InChI is InChI=1S/C16H24N2O3S/c1-3-4-5-13-17-12(2)14(22-13)15(19)18-8-6-16(7-9-18)20-10-11-21-16/h3-11H2,1-2H3. The second kappa shape index (κ2) is 6.64. The van der Waals surface area contributed by atoms with Crippen molar-refractivity contribution in [2.24, 2.45) is 0 Å². The molecule has 5 nitrogen and oxygen atoms in total. The van der Waals surface area contributed by atoms with Gasteiger partial charge in [-0.15, -0.1) is 11.3 Å². The summed E-state index contributed by atoms with van der Waals surface area (Å²) in [5, 5.41) is 1.08. The number of carbonyl (C=O) groups is 1. The zero-order valence-electron chi connectivity index (χ0n) is 13.4. The Morgan fingerprint density at radius 3 is 2.64 bits per heavy atom. The van der Waals surface area contributed by atoms with E-state index in [9.17, 15) is 4.79 Å². The predicted molar refractivity (Wildman–Crippen MR) is 85.2 cm³/mol. The molecule has 0 N–H and O–H groups in total. The van der Waals surface area contributed by atoms with Crippen molar-refractivity contribution in [3.8, 4) is 0 Å². The zero-order chi connectivity index (χ0) is 15.6. The van der Waals surface area contributed by atoms with Crippen molar-refractivity contribution in [2.45, 2.75) is 51.7 Å². The van der Waals surface area contributed by atoms with Gasteiger partial charge in [0.25, 0.3) is 5.91 Å². The van der Waals surface area contributed by atoms with E-state index in [0.29, 0.717) is 26.3 Å². The number of nitrogens with zero attached hydrogens (tertiary/aromatic N) is 2. The molecule has 0 saturated carbocycles. The Bertz CT molecular complexity index is 527. The molecular formula is C16H24N2O3S. The van der Waals surface area contributed by atoms with Crippen LogP contribution in [0.3, 0.4) is 0 Å². The molecule has 0 aliphatic carbocycles. The normalized spacial score (nSPS) is 20.7. The van der Waals surface area contributed by atoms with Crippen LogP contribution in [0.2, 0.25) is 0 Å². The molecule has 0 radical (unpaired) electrons. The first kappa shape index (κ1) is 15.9. The van der Waals surface area contributed by atoms with Crippen LogP contribution in [-0.2, 0) is 15.9 Å². The van der Waals surface area contributed by atoms with E-state index in [2.05, 4.69) is 11.9 Å². The molecule has 122 valence electrons. The van der Waals surface area contributed by atoms with E-state index >= 15 is 0 Å². The Hall–Kier alpha value is -0.980. The number of aryl methyl sites for hydroxylation is 2. The summed E-state index contributed by atoms with van der Waals surface area (Å²) in [6.45, 7) is 6.84. The fourth-order valence-electron chi connectivity index (χ4n) is 3.07. The molecule has 3 rings (SSSR count). The maximum absolute atomic E-state index is 12.7. The highest BCUT2D eigenvalue weighted by molar-refractivity contribution is 7.13. The van der Waals surface area contributed by atoms with Crippen molar-refractivity contribution in [1.82, 2.24) is 9.88 Å². The minimum Gasteiger partial charge on any atom is -0.347 e. The lowest BCUT2D eigenvalue weighted by Gasteiger charge is -2.37. The smallest absolute Gasteiger partial charge is 0.265 e. The van der Waals surface area contributed by atoms with Gasteiger partial charge in [0.05, 0.1) is 23.9 Å². The molecule has 0 bridgehead atoms. The topological polar surface area (TPSA) is 51.7 Å². The Balaban J connectivity index is 1.63. The highest BCUT2D eigenvalue weighted by atomic mass is 32.1. The average Bonchev–Trinajstić information content (AvgIpc) is 3.12. The van der Waals surface area contributed by atoms with Gasteiger partial charge >= 0.3 is 0 Å². The average molecular weight is 324 g/mol. The fourth-order valence-corrected chi connectivity index (χ4v) is 4.14. The quantitative estimate of drug-likeness (QED) is 0.854. The van der Waals surface area contributed by atoms with Gasteiger partial charge < -0.3 is 14.4 Å². The van der Waals surface area contributed by atoms with Gasteiger partial charge in [0.15, 0.2) is 5.79 Å². The number of likely N-dealkylation sites (tertiary alicyclic amines) is 1. The first-order valence-electron chi connectivity index (χ1n) is 8.17. The minimum absolute atomic E-state index is 0.116. The number of hydrogen-bond donors (Lipinski definition) is 0. The minimum atomic E-state index is -0.425. The van der Waals surface area contributed by atoms with E-state index in [1.54, 1.807) is 11.3 Å². The van der Waals surface area contributed by atoms with Gasteiger partial charge in [-0.2, -0.15) is 0 Å². The predicted octanol–water partition coefficient (Wildman–Crippen LogP) is 2.77. The van der Waals surface area contributed by atoms with Crippen LogP contribution >= 0.6 is 11.3 Å². The molecule has 1 amide bonds. The maximum atomic E-state index is 12.7. The van der Waals surface area contributed by atoms with Crippen LogP contribution in [0.4, 0.5) is 0 Å². The third kappa shape index (κ3) is 3.19. The van der Waals surface area contributed by atoms with Gasteiger partial charge in [0, 0.05) is 25.9 Å². The number of unbranched alkanes of at least 4 members (excludes halogenated alkanes) is 1. The molecular weight excluding hydrogens is 300 g/mol. The summed E-state index contributed by atoms with van der Waals surface area (Å²) >= 11 is 1.56. The summed E-state index contributed by atoms with van der Waals surface area (Å²) in [6, 6.07) is 0. The highest BCUT2D eigenvalue weighted by Crippen LogP contribution is 2.32. The number of ether oxygens (including phenoxy) is 2. The number of amides is 1. The monoisotopic (exact) mass is 324 g/mol. The SMILES string of the molecule is CCCCc1nc(C)c(C(=O)N2CCC3(CC2)OCCO3)s1. The van der Waals surface area contributed by atoms with Gasteiger partial charge in [-0.05, 0) is 19.8 Å². The van der Waals surface area contributed by atoms with Gasteiger partial charge in [-0.3, -0.25) is 4.79 Å². The van der Waals surface area contributed by atoms with Crippen molar-refractivity contribution in [1.29, 1.82) is 0 Å². The molecule has 2 saturated heterocycles. The molecule has 22 heavy (non-hydrogen) atoms. The summed E-state index contributed by atoms with van der Waals surface area (Å²) in [4.78, 5) is 20.0. The summed E-state index contributed by atoms with van der Waals surface area (Å²) in [7, 11) is 0. The Morgan fingerprint density at radius 1 is 1.32 bits per heavy atom. The van der Waals surface area contributed by atoms with E-state index in [4.69, 9.17) is 9.47 Å². The second-order valence-corrected chi connectivity index (χ2v) is 7.11. The molecule has 2 aliphatic heterocycles. The van der Waals surface area contributed by atoms with Crippen molar-refractivity contribution < 1.29 is 14.3 Å². The lowest BCUT2D eigenvalue weighted by Crippen LogP contribution is -2.47. The Kier molecular flexibility index (Phi) is 4.80. The van der Waals surface area contributed by atoms with Crippen LogP contribution in [0.5, 0.6) is 0 Å². The summed E-state index contributed by atoms with van der Waals surface area (Å²) in [5.41, 5.74) is 0.870. The molecule has 0 atom stereocenters. The first-order valence-corrected chi connectivity index (χ1v) is 8.99. The third-order valence-electron chi connectivity index (χ3n) is 4.41. The van der Waals surface area contributed by atoms with E-state index in [0.717, 1.165) is 47.7 Å². The highest BCUT2D eigenvalue weighted by Gasteiger charge is 2.41. The molecule has 1 spiro atoms. The van der Waals surface area contributed by atoms with E-state index < -0.39 is 5.79 Å². The maximum Gasteiger partial charge on any atom is 0.265 e. The first-order chi connectivity index (χ1) is 10.6. The van der Waals surface area contributed by atoms with Crippen molar-refractivity contribution in [2.75, 3.05) is 26.3 Å². The lowest BCUT2D eigenvalue weighted by molar-refractivity contribution is -0.181.